The molecular formula is C16H30N2O3. The second-order valence-corrected chi connectivity index (χ2v) is 7.48. The van der Waals surface area contributed by atoms with Crippen LogP contribution in [0.1, 0.15) is 47.0 Å². The topological polar surface area (TPSA) is 53.0 Å². The third-order valence-electron chi connectivity index (χ3n) is 4.57. The van der Waals surface area contributed by atoms with Crippen LogP contribution in [0.25, 0.3) is 0 Å². The molecule has 0 aromatic heterocycles. The van der Waals surface area contributed by atoms with E-state index in [2.05, 4.69) is 4.90 Å². The second-order valence-electron chi connectivity index (χ2n) is 7.48. The molecule has 1 amide bonds. The van der Waals surface area contributed by atoms with Crippen LogP contribution in [0.3, 0.4) is 0 Å². The fraction of sp³-hybridized carbons (Fsp3) is 0.938. The molecule has 2 saturated heterocycles. The van der Waals surface area contributed by atoms with Gasteiger partial charge in [0, 0.05) is 25.7 Å². The summed E-state index contributed by atoms with van der Waals surface area (Å²) in [4.78, 5) is 16.4. The minimum atomic E-state index is -0.423. The van der Waals surface area contributed by atoms with E-state index in [0.29, 0.717) is 12.0 Å². The summed E-state index contributed by atoms with van der Waals surface area (Å²) < 4.78 is 5.43. The number of carbonyl (C=O) groups is 1. The van der Waals surface area contributed by atoms with Crippen LogP contribution in [0.15, 0.2) is 0 Å². The van der Waals surface area contributed by atoms with Gasteiger partial charge in [0.1, 0.15) is 5.60 Å². The fourth-order valence-electron chi connectivity index (χ4n) is 3.28. The number of hydrogen-bond acceptors (Lipinski definition) is 4. The molecule has 0 saturated carbocycles. The first-order valence-corrected chi connectivity index (χ1v) is 8.16. The molecule has 0 aromatic rings. The Bertz CT molecular complexity index is 357. The van der Waals surface area contributed by atoms with Crippen LogP contribution >= 0.6 is 0 Å². The Morgan fingerprint density at radius 2 is 1.81 bits per heavy atom. The lowest BCUT2D eigenvalue weighted by molar-refractivity contribution is 0.0151. The van der Waals surface area contributed by atoms with Crippen LogP contribution < -0.4 is 0 Å². The Labute approximate surface area is 128 Å². The molecule has 0 aromatic carbocycles. The van der Waals surface area contributed by atoms with Crippen molar-refractivity contribution in [3.05, 3.63) is 0 Å². The monoisotopic (exact) mass is 298 g/mol. The third kappa shape index (κ3) is 4.58. The van der Waals surface area contributed by atoms with Crippen LogP contribution in [-0.2, 0) is 4.74 Å². The van der Waals surface area contributed by atoms with E-state index in [1.165, 1.54) is 0 Å². The van der Waals surface area contributed by atoms with Gasteiger partial charge in [-0.3, -0.25) is 4.90 Å². The number of hydrogen-bond donors (Lipinski definition) is 1. The first-order chi connectivity index (χ1) is 9.76. The Morgan fingerprint density at radius 3 is 2.29 bits per heavy atom. The maximum Gasteiger partial charge on any atom is 0.410 e. The zero-order chi connectivity index (χ0) is 15.6. The van der Waals surface area contributed by atoms with Gasteiger partial charge in [-0.25, -0.2) is 4.79 Å². The van der Waals surface area contributed by atoms with Crippen molar-refractivity contribution in [3.8, 4) is 0 Å². The summed E-state index contributed by atoms with van der Waals surface area (Å²) in [6.07, 6.45) is 2.70. The minimum absolute atomic E-state index is 0.191. The van der Waals surface area contributed by atoms with Crippen molar-refractivity contribution >= 4 is 6.09 Å². The highest BCUT2D eigenvalue weighted by atomic mass is 16.6. The predicted molar refractivity (Wildman–Crippen MR) is 82.2 cm³/mol. The van der Waals surface area contributed by atoms with E-state index in [9.17, 15) is 9.90 Å². The van der Waals surface area contributed by atoms with Gasteiger partial charge < -0.3 is 14.7 Å². The van der Waals surface area contributed by atoms with Gasteiger partial charge in [-0.2, -0.15) is 0 Å². The number of likely N-dealkylation sites (tertiary alicyclic amines) is 2. The number of rotatable bonds is 2. The molecule has 2 aliphatic rings. The van der Waals surface area contributed by atoms with E-state index in [1.807, 2.05) is 32.6 Å². The molecule has 5 nitrogen and oxygen atoms in total. The summed E-state index contributed by atoms with van der Waals surface area (Å²) in [6.45, 7) is 11.2. The maximum absolute atomic E-state index is 12.0. The van der Waals surface area contributed by atoms with Crippen LogP contribution in [-0.4, -0.2) is 64.9 Å². The summed E-state index contributed by atoms with van der Waals surface area (Å²) in [5.74, 6) is 0.411. The summed E-state index contributed by atoms with van der Waals surface area (Å²) >= 11 is 0. The van der Waals surface area contributed by atoms with Crippen molar-refractivity contribution in [2.24, 2.45) is 5.92 Å². The molecule has 2 aliphatic heterocycles. The second kappa shape index (κ2) is 6.53. The summed E-state index contributed by atoms with van der Waals surface area (Å²) in [6, 6.07) is 0.549. The Kier molecular flexibility index (Phi) is 5.15. The van der Waals surface area contributed by atoms with E-state index in [0.717, 1.165) is 45.4 Å². The highest BCUT2D eigenvalue weighted by molar-refractivity contribution is 5.68. The highest BCUT2D eigenvalue weighted by Gasteiger charge is 2.34. The molecule has 122 valence electrons. The molecule has 1 N–H and O–H groups in total. The minimum Gasteiger partial charge on any atom is -0.444 e. The van der Waals surface area contributed by atoms with Gasteiger partial charge in [0.25, 0.3) is 0 Å². The fourth-order valence-corrected chi connectivity index (χ4v) is 3.28. The zero-order valence-corrected chi connectivity index (χ0v) is 13.8. The maximum atomic E-state index is 12.0. The molecule has 2 heterocycles. The van der Waals surface area contributed by atoms with E-state index < -0.39 is 5.60 Å². The smallest absolute Gasteiger partial charge is 0.410 e. The first kappa shape index (κ1) is 16.6. The zero-order valence-electron chi connectivity index (χ0n) is 13.8. The SMILES string of the molecule is CC(O)C1CCN(C2CCN(C(=O)OC(C)(C)C)CC2)C1. The van der Waals surface area contributed by atoms with Gasteiger partial charge in [0.15, 0.2) is 0 Å². The molecular weight excluding hydrogens is 268 g/mol. The number of carbonyl (C=O) groups excluding carboxylic acids is 1. The normalized spacial score (nSPS) is 26.9. The van der Waals surface area contributed by atoms with Gasteiger partial charge in [-0.15, -0.1) is 0 Å². The van der Waals surface area contributed by atoms with Crippen molar-refractivity contribution in [2.75, 3.05) is 26.2 Å². The number of piperidine rings is 1. The van der Waals surface area contributed by atoms with Crippen molar-refractivity contribution in [2.45, 2.75) is 64.7 Å². The molecule has 2 rings (SSSR count). The lowest BCUT2D eigenvalue weighted by atomic mass is 10.0. The number of aliphatic hydroxyl groups is 1. The predicted octanol–water partition coefficient (Wildman–Crippen LogP) is 2.09. The molecule has 2 atom stereocenters. The summed E-state index contributed by atoms with van der Waals surface area (Å²) in [7, 11) is 0. The highest BCUT2D eigenvalue weighted by Crippen LogP contribution is 2.26. The lowest BCUT2D eigenvalue weighted by Gasteiger charge is -2.37. The molecule has 2 fully saturated rings. The Morgan fingerprint density at radius 1 is 1.19 bits per heavy atom. The standard InChI is InChI=1S/C16H30N2O3/c1-12(19)13-5-8-18(11-13)14-6-9-17(10-7-14)15(20)21-16(2,3)4/h12-14,19H,5-11H2,1-4H3. The summed E-state index contributed by atoms with van der Waals surface area (Å²) in [5.41, 5.74) is -0.423. The molecule has 21 heavy (non-hydrogen) atoms. The van der Waals surface area contributed by atoms with Gasteiger partial charge in [-0.05, 0) is 59.4 Å². The first-order valence-electron chi connectivity index (χ1n) is 8.16. The molecule has 0 aliphatic carbocycles. The summed E-state index contributed by atoms with van der Waals surface area (Å²) in [5, 5.41) is 9.70. The van der Waals surface area contributed by atoms with Crippen molar-refractivity contribution < 1.29 is 14.6 Å². The van der Waals surface area contributed by atoms with Crippen LogP contribution in [0.4, 0.5) is 4.79 Å². The van der Waals surface area contributed by atoms with E-state index in [1.54, 1.807) is 0 Å². The van der Waals surface area contributed by atoms with Gasteiger partial charge in [0.05, 0.1) is 6.10 Å². The largest absolute Gasteiger partial charge is 0.444 e. The Hall–Kier alpha value is -0.810. The third-order valence-corrected chi connectivity index (χ3v) is 4.57. The molecule has 0 bridgehead atoms. The average molecular weight is 298 g/mol. The van der Waals surface area contributed by atoms with E-state index >= 15 is 0 Å². The van der Waals surface area contributed by atoms with Crippen molar-refractivity contribution in [1.29, 1.82) is 0 Å². The molecule has 2 unspecified atom stereocenters. The van der Waals surface area contributed by atoms with Gasteiger partial charge >= 0.3 is 6.09 Å². The number of amides is 1. The van der Waals surface area contributed by atoms with Gasteiger partial charge in [0.2, 0.25) is 0 Å². The van der Waals surface area contributed by atoms with Crippen LogP contribution in [0.2, 0.25) is 0 Å². The van der Waals surface area contributed by atoms with Crippen LogP contribution in [0, 0.1) is 5.92 Å². The number of nitrogens with zero attached hydrogens (tertiary/aromatic N) is 2. The molecule has 0 spiro atoms. The number of aliphatic hydroxyl groups excluding tert-OH is 1. The average Bonchev–Trinajstić information content (AvgIpc) is 2.86. The van der Waals surface area contributed by atoms with Gasteiger partial charge in [-0.1, -0.05) is 0 Å². The Balaban J connectivity index is 1.77. The molecule has 5 heteroatoms. The van der Waals surface area contributed by atoms with Crippen molar-refractivity contribution in [3.63, 3.8) is 0 Å². The van der Waals surface area contributed by atoms with E-state index in [-0.39, 0.29) is 12.2 Å². The van der Waals surface area contributed by atoms with Crippen LogP contribution in [0.5, 0.6) is 0 Å². The molecule has 0 radical (unpaired) electrons. The number of ether oxygens (including phenoxy) is 1. The van der Waals surface area contributed by atoms with E-state index in [4.69, 9.17) is 4.74 Å². The quantitative estimate of drug-likeness (QED) is 0.848. The van der Waals surface area contributed by atoms with Crippen molar-refractivity contribution in [1.82, 2.24) is 9.80 Å². The lowest BCUT2D eigenvalue weighted by Crippen LogP contribution is -2.47.